The van der Waals surface area contributed by atoms with Crippen molar-refractivity contribution >= 4 is 28.9 Å². The van der Waals surface area contributed by atoms with Gasteiger partial charge in [0.1, 0.15) is 28.4 Å². The number of fused-ring (bicyclic) bond motifs is 1. The molecule has 0 radical (unpaired) electrons. The summed E-state index contributed by atoms with van der Waals surface area (Å²) in [7, 11) is 3.07. The molecule has 0 bridgehead atoms. The molecule has 1 amide bonds. The van der Waals surface area contributed by atoms with Gasteiger partial charge in [-0.1, -0.05) is 6.92 Å². The Kier molecular flexibility index (Phi) is 7.28. The fourth-order valence-corrected chi connectivity index (χ4v) is 2.91. The monoisotopic (exact) mass is 437 g/mol. The molecule has 166 valence electrons. The van der Waals surface area contributed by atoms with Gasteiger partial charge in [-0.25, -0.2) is 9.59 Å². The molecule has 0 aliphatic carbocycles. The highest BCUT2D eigenvalue weighted by atomic mass is 16.5. The Morgan fingerprint density at radius 2 is 1.81 bits per heavy atom. The van der Waals surface area contributed by atoms with Crippen LogP contribution in [0, 0.1) is 0 Å². The molecular formula is C24H23NO7. The largest absolute Gasteiger partial charge is 0.497 e. The van der Waals surface area contributed by atoms with Gasteiger partial charge in [-0.05, 0) is 42.8 Å². The first-order valence-electron chi connectivity index (χ1n) is 9.93. The first-order chi connectivity index (χ1) is 15.4. The third-order valence-electron chi connectivity index (χ3n) is 4.55. The van der Waals surface area contributed by atoms with E-state index in [0.717, 1.165) is 6.42 Å². The molecule has 32 heavy (non-hydrogen) atoms. The van der Waals surface area contributed by atoms with E-state index < -0.39 is 17.5 Å². The summed E-state index contributed by atoms with van der Waals surface area (Å²) in [6, 6.07) is 11.2. The zero-order valence-corrected chi connectivity index (χ0v) is 18.0. The molecule has 1 heterocycles. The lowest BCUT2D eigenvalue weighted by Gasteiger charge is -2.07. The van der Waals surface area contributed by atoms with E-state index in [4.69, 9.17) is 18.6 Å². The van der Waals surface area contributed by atoms with Gasteiger partial charge in [0, 0.05) is 35.7 Å². The molecule has 1 N–H and O–H groups in total. The Bertz CT molecular complexity index is 1230. The number of benzene rings is 2. The summed E-state index contributed by atoms with van der Waals surface area (Å²) in [6.07, 6.45) is 3.56. The van der Waals surface area contributed by atoms with Gasteiger partial charge in [0.2, 0.25) is 0 Å². The van der Waals surface area contributed by atoms with E-state index >= 15 is 0 Å². The van der Waals surface area contributed by atoms with Crippen molar-refractivity contribution in [1.29, 1.82) is 0 Å². The Hall–Kier alpha value is -4.07. The Morgan fingerprint density at radius 1 is 1.03 bits per heavy atom. The van der Waals surface area contributed by atoms with Gasteiger partial charge < -0.3 is 23.9 Å². The van der Waals surface area contributed by atoms with Crippen molar-refractivity contribution in [1.82, 2.24) is 5.32 Å². The summed E-state index contributed by atoms with van der Waals surface area (Å²) < 4.78 is 21.0. The number of amides is 1. The van der Waals surface area contributed by atoms with E-state index in [-0.39, 0.29) is 16.9 Å². The van der Waals surface area contributed by atoms with Crippen molar-refractivity contribution in [3.63, 3.8) is 0 Å². The maximum absolute atomic E-state index is 12.2. The summed E-state index contributed by atoms with van der Waals surface area (Å²) in [6.45, 7) is 2.37. The van der Waals surface area contributed by atoms with Crippen LogP contribution in [0.15, 0.2) is 57.8 Å². The molecule has 0 aliphatic rings. The third-order valence-corrected chi connectivity index (χ3v) is 4.55. The topological polar surface area (TPSA) is 104 Å². The first kappa shape index (κ1) is 22.6. The molecule has 2 aromatic carbocycles. The van der Waals surface area contributed by atoms with Gasteiger partial charge >= 0.3 is 11.6 Å². The zero-order valence-electron chi connectivity index (χ0n) is 18.0. The molecule has 0 spiro atoms. The number of hydrogen-bond acceptors (Lipinski definition) is 7. The molecular weight excluding hydrogens is 414 g/mol. The van der Waals surface area contributed by atoms with Gasteiger partial charge in [-0.2, -0.15) is 0 Å². The smallest absolute Gasteiger partial charge is 0.349 e. The summed E-state index contributed by atoms with van der Waals surface area (Å²) in [5.41, 5.74) is 0.0323. The lowest BCUT2D eigenvalue weighted by molar-refractivity contribution is -0.128. The number of rotatable bonds is 8. The van der Waals surface area contributed by atoms with Crippen LogP contribution < -0.4 is 25.2 Å². The minimum absolute atomic E-state index is 0.0768. The van der Waals surface area contributed by atoms with Crippen molar-refractivity contribution in [2.45, 2.75) is 13.3 Å². The second-order valence-corrected chi connectivity index (χ2v) is 6.77. The van der Waals surface area contributed by atoms with E-state index in [0.29, 0.717) is 29.0 Å². The summed E-state index contributed by atoms with van der Waals surface area (Å²) in [5, 5.41) is 3.17. The van der Waals surface area contributed by atoms with E-state index in [1.165, 1.54) is 25.3 Å². The third kappa shape index (κ3) is 5.34. The minimum Gasteiger partial charge on any atom is -0.497 e. The fourth-order valence-electron chi connectivity index (χ4n) is 2.91. The van der Waals surface area contributed by atoms with Crippen LogP contribution in [0.4, 0.5) is 0 Å². The molecule has 1 aromatic heterocycles. The predicted molar refractivity (Wildman–Crippen MR) is 119 cm³/mol. The minimum atomic E-state index is -0.763. The number of esters is 1. The maximum Gasteiger partial charge on any atom is 0.349 e. The fraction of sp³-hybridized carbons (Fsp3) is 0.208. The lowest BCUT2D eigenvalue weighted by atomic mass is 10.1. The van der Waals surface area contributed by atoms with Crippen LogP contribution in [0.2, 0.25) is 0 Å². The Balaban J connectivity index is 1.76. The van der Waals surface area contributed by atoms with Gasteiger partial charge in [0.15, 0.2) is 0 Å². The molecule has 3 aromatic rings. The highest BCUT2D eigenvalue weighted by molar-refractivity contribution is 5.97. The summed E-state index contributed by atoms with van der Waals surface area (Å²) in [4.78, 5) is 36.5. The van der Waals surface area contributed by atoms with Crippen LogP contribution in [-0.4, -0.2) is 32.6 Å². The van der Waals surface area contributed by atoms with Crippen molar-refractivity contribution in [3.8, 4) is 17.2 Å². The normalized spacial score (nSPS) is 10.8. The zero-order chi connectivity index (χ0) is 23.1. The summed E-state index contributed by atoms with van der Waals surface area (Å²) in [5.74, 6) is 0.252. The molecule has 8 heteroatoms. The van der Waals surface area contributed by atoms with Crippen LogP contribution in [0.1, 0.15) is 29.3 Å². The van der Waals surface area contributed by atoms with E-state index in [2.05, 4.69) is 5.32 Å². The van der Waals surface area contributed by atoms with Gasteiger partial charge in [0.05, 0.1) is 14.2 Å². The van der Waals surface area contributed by atoms with Crippen molar-refractivity contribution in [3.05, 3.63) is 70.1 Å². The number of nitrogens with one attached hydrogen (secondary N) is 1. The van der Waals surface area contributed by atoms with Gasteiger partial charge in [-0.15, -0.1) is 0 Å². The highest BCUT2D eigenvalue weighted by Gasteiger charge is 2.14. The van der Waals surface area contributed by atoms with Crippen molar-refractivity contribution < 1.29 is 28.2 Å². The number of carbonyl (C=O) groups is 2. The molecule has 0 unspecified atom stereocenters. The average molecular weight is 437 g/mol. The van der Waals surface area contributed by atoms with E-state index in [1.807, 2.05) is 6.92 Å². The first-order valence-corrected chi connectivity index (χ1v) is 9.93. The molecule has 0 atom stereocenters. The number of hydrogen-bond donors (Lipinski definition) is 1. The predicted octanol–water partition coefficient (Wildman–Crippen LogP) is 3.57. The van der Waals surface area contributed by atoms with Gasteiger partial charge in [0.25, 0.3) is 5.91 Å². The maximum atomic E-state index is 12.2. The average Bonchev–Trinajstić information content (AvgIpc) is 2.80. The van der Waals surface area contributed by atoms with Crippen LogP contribution in [0.3, 0.4) is 0 Å². The number of ether oxygens (including phenoxy) is 3. The molecule has 0 saturated heterocycles. The number of methoxy groups -OCH3 is 2. The van der Waals surface area contributed by atoms with Crippen molar-refractivity contribution in [2.24, 2.45) is 0 Å². The van der Waals surface area contributed by atoms with Gasteiger partial charge in [-0.3, -0.25) is 4.79 Å². The van der Waals surface area contributed by atoms with Crippen LogP contribution in [0.5, 0.6) is 17.2 Å². The second kappa shape index (κ2) is 10.3. The van der Waals surface area contributed by atoms with Crippen LogP contribution in [0.25, 0.3) is 17.0 Å². The van der Waals surface area contributed by atoms with Crippen LogP contribution >= 0.6 is 0 Å². The molecule has 8 nitrogen and oxygen atoms in total. The Morgan fingerprint density at radius 3 is 2.53 bits per heavy atom. The SMILES string of the molecule is CCCNC(=O)c1cc2ccc(OC(=O)/C=C/c3ccc(OC)cc3OC)cc2oc1=O. The molecule has 0 aliphatic heterocycles. The molecule has 0 fully saturated rings. The van der Waals surface area contributed by atoms with Crippen molar-refractivity contribution in [2.75, 3.05) is 20.8 Å². The number of carbonyl (C=O) groups excluding carboxylic acids is 2. The van der Waals surface area contributed by atoms with Crippen LogP contribution in [-0.2, 0) is 4.79 Å². The Labute approximate surface area is 184 Å². The molecule has 0 saturated carbocycles. The standard InChI is InChI=1S/C24H23NO7/c1-4-11-25-23(27)19-12-16-6-9-18(14-21(16)32-24(19)28)31-22(26)10-7-15-5-8-17(29-2)13-20(15)30-3/h5-10,12-14H,4,11H2,1-3H3,(H,25,27)/b10-7+. The van der Waals surface area contributed by atoms with E-state index in [9.17, 15) is 14.4 Å². The molecule has 3 rings (SSSR count). The summed E-state index contributed by atoms with van der Waals surface area (Å²) >= 11 is 0. The lowest BCUT2D eigenvalue weighted by Crippen LogP contribution is -2.28. The second-order valence-electron chi connectivity index (χ2n) is 6.77. The highest BCUT2D eigenvalue weighted by Crippen LogP contribution is 2.26. The van der Waals surface area contributed by atoms with E-state index in [1.54, 1.807) is 43.5 Å². The quantitative estimate of drug-likeness (QED) is 0.249.